The topological polar surface area (TPSA) is 52.2 Å². The summed E-state index contributed by atoms with van der Waals surface area (Å²) in [6.45, 7) is 4.38. The number of aryl methyl sites for hydroxylation is 1. The molecule has 0 fully saturated rings. The Labute approximate surface area is 147 Å². The molecule has 0 aliphatic carbocycles. The molecule has 0 aliphatic rings. The standard InChI is InChI=1S/C20H23FN4/c1-13-8-9-15(11-18(13)21)14(2)24-20(22-3)23-12-17-10-16-6-4-5-7-19(16)25-17/h4-11,14,25H,12H2,1-3H3,(H2,22,23,24). The lowest BCUT2D eigenvalue weighted by Gasteiger charge is -2.18. The number of fused-ring (bicyclic) bond motifs is 1. The summed E-state index contributed by atoms with van der Waals surface area (Å²) in [5, 5.41) is 7.77. The van der Waals surface area contributed by atoms with E-state index in [1.807, 2.05) is 25.1 Å². The molecule has 2 aromatic carbocycles. The summed E-state index contributed by atoms with van der Waals surface area (Å²) in [5.74, 6) is 0.485. The minimum Gasteiger partial charge on any atom is -0.357 e. The largest absolute Gasteiger partial charge is 0.357 e. The molecule has 0 bridgehead atoms. The highest BCUT2D eigenvalue weighted by Crippen LogP contribution is 2.17. The summed E-state index contributed by atoms with van der Waals surface area (Å²) in [6.07, 6.45) is 0. The van der Waals surface area contributed by atoms with Gasteiger partial charge in [0.25, 0.3) is 0 Å². The van der Waals surface area contributed by atoms with Crippen LogP contribution in [-0.4, -0.2) is 18.0 Å². The number of nitrogens with one attached hydrogen (secondary N) is 3. The number of aliphatic imine (C=N–C) groups is 1. The predicted molar refractivity (Wildman–Crippen MR) is 101 cm³/mol. The normalized spacial score (nSPS) is 13.0. The molecule has 1 atom stereocenters. The van der Waals surface area contributed by atoms with Crippen LogP contribution < -0.4 is 10.6 Å². The van der Waals surface area contributed by atoms with Crippen LogP contribution in [0.1, 0.15) is 29.8 Å². The maximum atomic E-state index is 13.8. The number of para-hydroxylation sites is 1. The second-order valence-electron chi connectivity index (χ2n) is 6.18. The Morgan fingerprint density at radius 1 is 1.20 bits per heavy atom. The third-order valence-electron chi connectivity index (χ3n) is 4.30. The number of hydrogen-bond acceptors (Lipinski definition) is 1. The van der Waals surface area contributed by atoms with Crippen molar-refractivity contribution in [3.05, 3.63) is 71.2 Å². The van der Waals surface area contributed by atoms with E-state index >= 15 is 0 Å². The Morgan fingerprint density at radius 3 is 2.72 bits per heavy atom. The minimum atomic E-state index is -0.188. The third-order valence-corrected chi connectivity index (χ3v) is 4.30. The number of aromatic nitrogens is 1. The van der Waals surface area contributed by atoms with Gasteiger partial charge in [0.05, 0.1) is 12.6 Å². The van der Waals surface area contributed by atoms with Crippen molar-refractivity contribution >= 4 is 16.9 Å². The number of benzene rings is 2. The number of rotatable bonds is 4. The van der Waals surface area contributed by atoms with Gasteiger partial charge in [0.15, 0.2) is 5.96 Å². The van der Waals surface area contributed by atoms with Gasteiger partial charge in [-0.1, -0.05) is 30.3 Å². The van der Waals surface area contributed by atoms with Gasteiger partial charge in [0.2, 0.25) is 0 Å². The quantitative estimate of drug-likeness (QED) is 0.497. The smallest absolute Gasteiger partial charge is 0.191 e. The predicted octanol–water partition coefficient (Wildman–Crippen LogP) is 4.04. The molecule has 0 amide bonds. The van der Waals surface area contributed by atoms with Crippen molar-refractivity contribution in [1.29, 1.82) is 0 Å². The first-order valence-electron chi connectivity index (χ1n) is 8.36. The molecule has 3 N–H and O–H groups in total. The van der Waals surface area contributed by atoms with Crippen LogP contribution in [0.2, 0.25) is 0 Å². The van der Waals surface area contributed by atoms with Crippen LogP contribution in [0.3, 0.4) is 0 Å². The summed E-state index contributed by atoms with van der Waals surface area (Å²) < 4.78 is 13.8. The summed E-state index contributed by atoms with van der Waals surface area (Å²) in [6, 6.07) is 15.5. The Balaban J connectivity index is 1.63. The molecule has 0 aliphatic heterocycles. The maximum Gasteiger partial charge on any atom is 0.191 e. The van der Waals surface area contributed by atoms with E-state index < -0.39 is 0 Å². The Hall–Kier alpha value is -2.82. The van der Waals surface area contributed by atoms with E-state index in [0.717, 1.165) is 16.8 Å². The Morgan fingerprint density at radius 2 is 2.00 bits per heavy atom. The van der Waals surface area contributed by atoms with Crippen molar-refractivity contribution in [3.8, 4) is 0 Å². The van der Waals surface area contributed by atoms with Crippen LogP contribution in [0.5, 0.6) is 0 Å². The SMILES string of the molecule is CN=C(NCc1cc2ccccc2[nH]1)NC(C)c1ccc(C)c(F)c1. The van der Waals surface area contributed by atoms with E-state index in [-0.39, 0.29) is 11.9 Å². The van der Waals surface area contributed by atoms with Gasteiger partial charge in [-0.25, -0.2) is 4.39 Å². The molecule has 25 heavy (non-hydrogen) atoms. The lowest BCUT2D eigenvalue weighted by molar-refractivity contribution is 0.607. The van der Waals surface area contributed by atoms with Gasteiger partial charge in [-0.3, -0.25) is 4.99 Å². The molecule has 0 saturated heterocycles. The van der Waals surface area contributed by atoms with Gasteiger partial charge in [0.1, 0.15) is 5.82 Å². The Kier molecular flexibility index (Phi) is 5.03. The summed E-state index contributed by atoms with van der Waals surface area (Å²) in [7, 11) is 1.73. The van der Waals surface area contributed by atoms with Crippen molar-refractivity contribution in [1.82, 2.24) is 15.6 Å². The van der Waals surface area contributed by atoms with Crippen LogP contribution >= 0.6 is 0 Å². The van der Waals surface area contributed by atoms with Crippen molar-refractivity contribution < 1.29 is 4.39 Å². The molecule has 0 saturated carbocycles. The first kappa shape index (κ1) is 17.0. The van der Waals surface area contributed by atoms with Crippen molar-refractivity contribution in [2.24, 2.45) is 4.99 Å². The van der Waals surface area contributed by atoms with E-state index in [4.69, 9.17) is 0 Å². The van der Waals surface area contributed by atoms with Gasteiger partial charge in [-0.15, -0.1) is 0 Å². The second kappa shape index (κ2) is 7.38. The fourth-order valence-electron chi connectivity index (χ4n) is 2.77. The van der Waals surface area contributed by atoms with E-state index in [2.05, 4.69) is 38.8 Å². The van der Waals surface area contributed by atoms with Gasteiger partial charge >= 0.3 is 0 Å². The molecule has 1 unspecified atom stereocenters. The molecule has 3 rings (SSSR count). The van der Waals surface area contributed by atoms with Crippen LogP contribution in [0, 0.1) is 12.7 Å². The fraction of sp³-hybridized carbons (Fsp3) is 0.250. The van der Waals surface area contributed by atoms with E-state index in [9.17, 15) is 4.39 Å². The number of guanidine groups is 1. The van der Waals surface area contributed by atoms with E-state index in [0.29, 0.717) is 18.1 Å². The highest BCUT2D eigenvalue weighted by atomic mass is 19.1. The molecule has 130 valence electrons. The van der Waals surface area contributed by atoms with Gasteiger partial charge in [-0.05, 0) is 48.6 Å². The highest BCUT2D eigenvalue weighted by Gasteiger charge is 2.10. The van der Waals surface area contributed by atoms with E-state index in [1.54, 1.807) is 26.1 Å². The van der Waals surface area contributed by atoms with Gasteiger partial charge in [-0.2, -0.15) is 0 Å². The summed E-state index contributed by atoms with van der Waals surface area (Å²) >= 11 is 0. The molecule has 1 aromatic heterocycles. The van der Waals surface area contributed by atoms with Crippen LogP contribution in [0.15, 0.2) is 53.5 Å². The molecular weight excluding hydrogens is 315 g/mol. The molecule has 3 aromatic rings. The number of nitrogens with zero attached hydrogens (tertiary/aromatic N) is 1. The monoisotopic (exact) mass is 338 g/mol. The third kappa shape index (κ3) is 3.99. The number of aromatic amines is 1. The van der Waals surface area contributed by atoms with Gasteiger partial charge < -0.3 is 15.6 Å². The molecule has 1 heterocycles. The molecule has 0 spiro atoms. The first-order valence-corrected chi connectivity index (χ1v) is 8.36. The molecular formula is C20H23FN4. The number of hydrogen-bond donors (Lipinski definition) is 3. The zero-order valence-electron chi connectivity index (χ0n) is 14.7. The lowest BCUT2D eigenvalue weighted by Crippen LogP contribution is -2.38. The molecule has 4 nitrogen and oxygen atoms in total. The second-order valence-corrected chi connectivity index (χ2v) is 6.18. The minimum absolute atomic E-state index is 0.0518. The summed E-state index contributed by atoms with van der Waals surface area (Å²) in [5.41, 5.74) is 3.73. The highest BCUT2D eigenvalue weighted by molar-refractivity contribution is 5.82. The van der Waals surface area contributed by atoms with Crippen LogP contribution in [-0.2, 0) is 6.54 Å². The van der Waals surface area contributed by atoms with Crippen molar-refractivity contribution in [2.75, 3.05) is 7.05 Å². The maximum absolute atomic E-state index is 13.8. The Bertz CT molecular complexity index is 865. The van der Waals surface area contributed by atoms with E-state index in [1.165, 1.54) is 5.39 Å². The lowest BCUT2D eigenvalue weighted by atomic mass is 10.1. The molecule has 0 radical (unpaired) electrons. The van der Waals surface area contributed by atoms with Crippen molar-refractivity contribution in [2.45, 2.75) is 26.4 Å². The average Bonchev–Trinajstić information content (AvgIpc) is 3.03. The molecule has 5 heteroatoms. The average molecular weight is 338 g/mol. The van der Waals surface area contributed by atoms with Crippen LogP contribution in [0.25, 0.3) is 10.9 Å². The number of halogens is 1. The van der Waals surface area contributed by atoms with Gasteiger partial charge in [0, 0.05) is 18.3 Å². The zero-order valence-corrected chi connectivity index (χ0v) is 14.7. The van der Waals surface area contributed by atoms with Crippen LogP contribution in [0.4, 0.5) is 4.39 Å². The zero-order chi connectivity index (χ0) is 17.8. The fourth-order valence-corrected chi connectivity index (χ4v) is 2.77. The first-order chi connectivity index (χ1) is 12.1. The van der Waals surface area contributed by atoms with Crippen molar-refractivity contribution in [3.63, 3.8) is 0 Å². The number of H-pyrrole nitrogens is 1. The summed E-state index contributed by atoms with van der Waals surface area (Å²) in [4.78, 5) is 7.63.